The van der Waals surface area contributed by atoms with Gasteiger partial charge in [0.1, 0.15) is 17.1 Å². The third-order valence-electron chi connectivity index (χ3n) is 6.32. The summed E-state index contributed by atoms with van der Waals surface area (Å²) >= 11 is 0. The first-order valence-electron chi connectivity index (χ1n) is 12.7. The first-order chi connectivity index (χ1) is 20.0. The van der Waals surface area contributed by atoms with E-state index < -0.39 is 17.3 Å². The van der Waals surface area contributed by atoms with E-state index in [2.05, 4.69) is 15.3 Å². The number of H-pyrrole nitrogens is 1. The molecule has 0 aliphatic rings. The number of carbonyl (C=O) groups excluding carboxylic acids is 1. The number of hydrogen-bond donors (Lipinski definition) is 2. The predicted molar refractivity (Wildman–Crippen MR) is 155 cm³/mol. The van der Waals surface area contributed by atoms with Crippen LogP contribution in [0.15, 0.2) is 96.1 Å². The Hall–Kier alpha value is -5.22. The van der Waals surface area contributed by atoms with Gasteiger partial charge in [-0.05, 0) is 48.5 Å². The number of para-hydroxylation sites is 1. The van der Waals surface area contributed by atoms with Gasteiger partial charge in [-0.1, -0.05) is 18.2 Å². The Morgan fingerprint density at radius 2 is 1.80 bits per heavy atom. The lowest BCUT2D eigenvalue weighted by Crippen LogP contribution is -2.32. The molecule has 0 saturated carbocycles. The molecule has 5 rings (SSSR count). The van der Waals surface area contributed by atoms with Gasteiger partial charge in [0.25, 0.3) is 11.5 Å². The van der Waals surface area contributed by atoms with E-state index in [1.165, 1.54) is 23.2 Å². The van der Waals surface area contributed by atoms with Crippen molar-refractivity contribution >= 4 is 33.9 Å². The van der Waals surface area contributed by atoms with Gasteiger partial charge in [0.15, 0.2) is 11.6 Å². The number of hydrogen-bond acceptors (Lipinski definition) is 7. The van der Waals surface area contributed by atoms with Crippen molar-refractivity contribution in [2.75, 3.05) is 37.6 Å². The van der Waals surface area contributed by atoms with Crippen LogP contribution in [0.2, 0.25) is 0 Å². The topological polar surface area (TPSA) is 106 Å². The number of aromatic amines is 1. The number of benzene rings is 3. The number of methoxy groups -OCH3 is 2. The van der Waals surface area contributed by atoms with Crippen molar-refractivity contribution < 1.29 is 23.4 Å². The van der Waals surface area contributed by atoms with Crippen LogP contribution in [0, 0.1) is 5.82 Å². The zero-order chi connectivity index (χ0) is 28.8. The molecule has 0 aliphatic heterocycles. The van der Waals surface area contributed by atoms with Crippen LogP contribution in [0.3, 0.4) is 0 Å². The molecule has 0 radical (unpaired) electrons. The molecule has 2 aromatic heterocycles. The fourth-order valence-corrected chi connectivity index (χ4v) is 4.35. The van der Waals surface area contributed by atoms with E-state index in [9.17, 15) is 9.59 Å². The first-order valence-corrected chi connectivity index (χ1v) is 12.7. The van der Waals surface area contributed by atoms with Crippen LogP contribution >= 0.6 is 0 Å². The van der Waals surface area contributed by atoms with Crippen molar-refractivity contribution in [1.29, 1.82) is 0 Å². The molecule has 0 atom stereocenters. The molecule has 0 saturated heterocycles. The summed E-state index contributed by atoms with van der Waals surface area (Å²) in [7, 11) is 3.12. The van der Waals surface area contributed by atoms with Crippen molar-refractivity contribution in [3.63, 3.8) is 0 Å². The van der Waals surface area contributed by atoms with Crippen molar-refractivity contribution in [2.24, 2.45) is 0 Å². The molecule has 0 spiro atoms. The van der Waals surface area contributed by atoms with E-state index in [-0.39, 0.29) is 17.0 Å². The number of ether oxygens (including phenoxy) is 3. The van der Waals surface area contributed by atoms with Gasteiger partial charge < -0.3 is 24.5 Å². The Morgan fingerprint density at radius 1 is 0.976 bits per heavy atom. The maximum atomic E-state index is 15.6. The molecule has 10 heteroatoms. The Balaban J connectivity index is 1.52. The number of anilines is 3. The van der Waals surface area contributed by atoms with Gasteiger partial charge in [-0.15, -0.1) is 0 Å². The second kappa shape index (κ2) is 12.3. The highest BCUT2D eigenvalue weighted by Crippen LogP contribution is 2.35. The highest BCUT2D eigenvalue weighted by molar-refractivity contribution is 6.13. The maximum Gasteiger partial charge on any atom is 0.270 e. The van der Waals surface area contributed by atoms with E-state index in [1.54, 1.807) is 87.1 Å². The van der Waals surface area contributed by atoms with Crippen LogP contribution in [0.5, 0.6) is 17.2 Å². The van der Waals surface area contributed by atoms with E-state index in [0.29, 0.717) is 46.9 Å². The highest BCUT2D eigenvalue weighted by Gasteiger charge is 2.26. The largest absolute Gasteiger partial charge is 0.497 e. The molecule has 41 heavy (non-hydrogen) atoms. The number of fused-ring (bicyclic) bond motifs is 1. The molecule has 9 nitrogen and oxygen atoms in total. The van der Waals surface area contributed by atoms with E-state index >= 15 is 4.39 Å². The number of amides is 1. The van der Waals surface area contributed by atoms with Gasteiger partial charge >= 0.3 is 0 Å². The molecule has 3 aromatic carbocycles. The number of nitrogens with one attached hydrogen (secondary N) is 2. The summed E-state index contributed by atoms with van der Waals surface area (Å²) in [4.78, 5) is 35.0. The summed E-state index contributed by atoms with van der Waals surface area (Å²) < 4.78 is 31.8. The van der Waals surface area contributed by atoms with Crippen LogP contribution in [0.25, 0.3) is 10.9 Å². The quantitative estimate of drug-likeness (QED) is 0.207. The van der Waals surface area contributed by atoms with E-state index in [4.69, 9.17) is 14.2 Å². The summed E-state index contributed by atoms with van der Waals surface area (Å²) in [6.07, 6.45) is 3.01. The minimum atomic E-state index is -0.699. The number of halogens is 1. The molecule has 0 aliphatic carbocycles. The Morgan fingerprint density at radius 3 is 2.56 bits per heavy atom. The Bertz CT molecular complexity index is 1740. The molecular weight excluding hydrogens is 527 g/mol. The van der Waals surface area contributed by atoms with Gasteiger partial charge in [0.05, 0.1) is 30.6 Å². The number of rotatable bonds is 10. The second-order valence-corrected chi connectivity index (χ2v) is 8.90. The lowest BCUT2D eigenvalue weighted by Gasteiger charge is -2.24. The summed E-state index contributed by atoms with van der Waals surface area (Å²) in [5.74, 6) is -0.340. The van der Waals surface area contributed by atoms with Crippen LogP contribution in [-0.4, -0.2) is 43.2 Å². The summed E-state index contributed by atoms with van der Waals surface area (Å²) in [5, 5.41) is 3.74. The number of aromatic nitrogens is 2. The smallest absolute Gasteiger partial charge is 0.270 e. The summed E-state index contributed by atoms with van der Waals surface area (Å²) in [6, 6.07) is 21.4. The van der Waals surface area contributed by atoms with Gasteiger partial charge in [-0.25, -0.2) is 4.39 Å². The summed E-state index contributed by atoms with van der Waals surface area (Å²) in [6.45, 7) is 0.749. The molecule has 208 valence electrons. The molecule has 5 aromatic rings. The normalized spacial score (nSPS) is 10.8. The van der Waals surface area contributed by atoms with Gasteiger partial charge in [0.2, 0.25) is 0 Å². The highest BCUT2D eigenvalue weighted by atomic mass is 19.1. The maximum absolute atomic E-state index is 15.6. The molecule has 2 N–H and O–H groups in total. The van der Waals surface area contributed by atoms with Crippen molar-refractivity contribution in [1.82, 2.24) is 9.97 Å². The van der Waals surface area contributed by atoms with Crippen LogP contribution in [0.1, 0.15) is 10.4 Å². The van der Waals surface area contributed by atoms with Crippen LogP contribution in [-0.2, 0) is 4.74 Å². The number of carbonyl (C=O) groups is 1. The molecular formula is C31H27FN4O5. The molecule has 0 fully saturated rings. The monoisotopic (exact) mass is 554 g/mol. The molecule has 0 unspecified atom stereocenters. The summed E-state index contributed by atoms with van der Waals surface area (Å²) in [5.41, 5.74) is 0.917. The fourth-order valence-electron chi connectivity index (χ4n) is 4.35. The van der Waals surface area contributed by atoms with Crippen LogP contribution in [0.4, 0.5) is 21.5 Å². The van der Waals surface area contributed by atoms with Crippen molar-refractivity contribution in [3.8, 4) is 17.2 Å². The van der Waals surface area contributed by atoms with Gasteiger partial charge in [0, 0.05) is 49.3 Å². The van der Waals surface area contributed by atoms with Crippen molar-refractivity contribution in [2.45, 2.75) is 0 Å². The lowest BCUT2D eigenvalue weighted by molar-refractivity contribution is 0.0998. The molecule has 2 heterocycles. The minimum absolute atomic E-state index is 0.0444. The Kier molecular flexibility index (Phi) is 8.21. The average molecular weight is 555 g/mol. The van der Waals surface area contributed by atoms with Gasteiger partial charge in [-0.2, -0.15) is 0 Å². The fraction of sp³-hybridized carbons (Fsp3) is 0.129. The molecule has 1 amide bonds. The van der Waals surface area contributed by atoms with Crippen molar-refractivity contribution in [3.05, 3.63) is 113 Å². The van der Waals surface area contributed by atoms with Crippen LogP contribution < -0.4 is 25.2 Å². The third kappa shape index (κ3) is 5.87. The van der Waals surface area contributed by atoms with E-state index in [0.717, 1.165) is 0 Å². The standard InChI is InChI=1S/C31H27FN4O5/c1-39-17-16-34-25-12-14-35-30(37)29(25)31(38)36(20-6-4-3-5-7-20)21-8-11-28(24(32)18-21)41-27-13-15-33-26-19-22(40-2)9-10-23(26)27/h3-15,18-19H,16-17H2,1-2H3,(H2,34,35,37). The zero-order valence-electron chi connectivity index (χ0n) is 22.4. The Labute approximate surface area is 235 Å². The molecule has 0 bridgehead atoms. The predicted octanol–water partition coefficient (Wildman–Crippen LogP) is 5.90. The average Bonchev–Trinajstić information content (AvgIpc) is 2.99. The SMILES string of the molecule is COCCNc1cc[nH]c(=O)c1C(=O)N(c1ccccc1)c1ccc(Oc2ccnc3cc(OC)ccc23)c(F)c1. The lowest BCUT2D eigenvalue weighted by atomic mass is 10.1. The van der Waals surface area contributed by atoms with Gasteiger partial charge in [-0.3, -0.25) is 19.5 Å². The number of pyridine rings is 2. The third-order valence-corrected chi connectivity index (χ3v) is 6.32. The zero-order valence-corrected chi connectivity index (χ0v) is 22.4. The number of nitrogens with zero attached hydrogens (tertiary/aromatic N) is 2. The second-order valence-electron chi connectivity index (χ2n) is 8.90. The first kappa shape index (κ1) is 27.4. The van der Waals surface area contributed by atoms with E-state index in [1.807, 2.05) is 0 Å². The minimum Gasteiger partial charge on any atom is -0.497 e.